The molecule has 0 spiro atoms. The highest BCUT2D eigenvalue weighted by molar-refractivity contribution is 9.10. The van der Waals surface area contributed by atoms with E-state index in [1.807, 2.05) is 30.3 Å². The predicted molar refractivity (Wildman–Crippen MR) is 110 cm³/mol. The average molecular weight is 433 g/mol. The number of methoxy groups -OCH3 is 2. The largest absolute Gasteiger partial charge is 0.497 e. The van der Waals surface area contributed by atoms with Crippen LogP contribution >= 0.6 is 15.9 Å². The number of halogens is 1. The second kappa shape index (κ2) is 9.24. The lowest BCUT2D eigenvalue weighted by molar-refractivity contribution is 0.0936. The zero-order valence-electron chi connectivity index (χ0n) is 15.7. The first-order valence-corrected chi connectivity index (χ1v) is 9.92. The molecule has 1 unspecified atom stereocenters. The summed E-state index contributed by atoms with van der Waals surface area (Å²) in [5, 5.41) is 3.10. The highest BCUT2D eigenvalue weighted by Gasteiger charge is 2.26. The lowest BCUT2D eigenvalue weighted by Crippen LogP contribution is -2.37. The molecule has 1 N–H and O–H groups in total. The van der Waals surface area contributed by atoms with Gasteiger partial charge in [0.15, 0.2) is 0 Å². The summed E-state index contributed by atoms with van der Waals surface area (Å²) in [6.45, 7) is 2.58. The zero-order valence-corrected chi connectivity index (χ0v) is 17.3. The normalized spacial score (nSPS) is 15.4. The number of rotatable bonds is 7. The van der Waals surface area contributed by atoms with Crippen LogP contribution in [-0.2, 0) is 0 Å². The molecule has 2 aromatic rings. The predicted octanol–water partition coefficient (Wildman–Crippen LogP) is 4.03. The molecule has 0 aliphatic carbocycles. The van der Waals surface area contributed by atoms with E-state index in [1.165, 1.54) is 12.8 Å². The summed E-state index contributed by atoms with van der Waals surface area (Å²) in [6, 6.07) is 13.5. The Kier molecular flexibility index (Phi) is 6.74. The van der Waals surface area contributed by atoms with Crippen LogP contribution in [0.3, 0.4) is 0 Å². The number of likely N-dealkylation sites (tertiary alicyclic amines) is 1. The van der Waals surface area contributed by atoms with E-state index < -0.39 is 0 Å². The second-order valence-corrected chi connectivity index (χ2v) is 7.41. The Morgan fingerprint density at radius 2 is 1.89 bits per heavy atom. The van der Waals surface area contributed by atoms with Crippen molar-refractivity contribution in [2.75, 3.05) is 33.9 Å². The molecule has 5 nitrogen and oxygen atoms in total. The van der Waals surface area contributed by atoms with Crippen molar-refractivity contribution in [3.8, 4) is 11.5 Å². The molecule has 0 aromatic heterocycles. The van der Waals surface area contributed by atoms with E-state index in [9.17, 15) is 4.79 Å². The van der Waals surface area contributed by atoms with Crippen molar-refractivity contribution in [1.29, 1.82) is 0 Å². The molecule has 0 bridgehead atoms. The summed E-state index contributed by atoms with van der Waals surface area (Å²) in [4.78, 5) is 15.2. The number of carbonyl (C=O) groups is 1. The Morgan fingerprint density at radius 3 is 2.59 bits per heavy atom. The van der Waals surface area contributed by atoms with Crippen LogP contribution in [0.1, 0.15) is 34.8 Å². The Morgan fingerprint density at radius 1 is 1.15 bits per heavy atom. The average Bonchev–Trinajstić information content (AvgIpc) is 3.23. The standard InChI is InChI=1S/C21H25BrN2O3/c1-26-15-9-10-18(22)17(13-15)21(25)23-14-19(24-11-5-6-12-24)16-7-3-4-8-20(16)27-2/h3-4,7-10,13,19H,5-6,11-12,14H2,1-2H3,(H,23,25). The highest BCUT2D eigenvalue weighted by atomic mass is 79.9. The molecule has 1 saturated heterocycles. The van der Waals surface area contributed by atoms with Crippen LogP contribution in [0, 0.1) is 0 Å². The molecule has 1 aliphatic heterocycles. The molecule has 1 amide bonds. The monoisotopic (exact) mass is 432 g/mol. The van der Waals surface area contributed by atoms with Crippen LogP contribution in [-0.4, -0.2) is 44.7 Å². The lowest BCUT2D eigenvalue weighted by atomic mass is 10.0. The van der Waals surface area contributed by atoms with E-state index in [2.05, 4.69) is 32.2 Å². The highest BCUT2D eigenvalue weighted by Crippen LogP contribution is 2.31. The molecule has 0 saturated carbocycles. The number of nitrogens with zero attached hydrogens (tertiary/aromatic N) is 1. The number of benzene rings is 2. The third-order valence-corrected chi connectivity index (χ3v) is 5.64. The second-order valence-electron chi connectivity index (χ2n) is 6.56. The number of para-hydroxylation sites is 1. The maximum atomic E-state index is 12.8. The number of amides is 1. The van der Waals surface area contributed by atoms with Crippen molar-refractivity contribution in [2.24, 2.45) is 0 Å². The van der Waals surface area contributed by atoms with Gasteiger partial charge >= 0.3 is 0 Å². The number of carbonyl (C=O) groups excluding carboxylic acids is 1. The quantitative estimate of drug-likeness (QED) is 0.717. The van der Waals surface area contributed by atoms with E-state index in [-0.39, 0.29) is 11.9 Å². The van der Waals surface area contributed by atoms with Crippen LogP contribution < -0.4 is 14.8 Å². The maximum absolute atomic E-state index is 12.8. The summed E-state index contributed by atoms with van der Waals surface area (Å²) in [5.74, 6) is 1.38. The van der Waals surface area contributed by atoms with Gasteiger partial charge in [0.25, 0.3) is 5.91 Å². The van der Waals surface area contributed by atoms with Crippen LogP contribution in [0.25, 0.3) is 0 Å². The molecule has 1 fully saturated rings. The minimum Gasteiger partial charge on any atom is -0.497 e. The van der Waals surface area contributed by atoms with E-state index in [0.717, 1.165) is 28.9 Å². The fraction of sp³-hybridized carbons (Fsp3) is 0.381. The Hall–Kier alpha value is -2.05. The van der Waals surface area contributed by atoms with Crippen LogP contribution in [0.4, 0.5) is 0 Å². The van der Waals surface area contributed by atoms with Crippen LogP contribution in [0.5, 0.6) is 11.5 Å². The van der Waals surface area contributed by atoms with Gasteiger partial charge in [-0.15, -0.1) is 0 Å². The lowest BCUT2D eigenvalue weighted by Gasteiger charge is -2.29. The van der Waals surface area contributed by atoms with E-state index >= 15 is 0 Å². The summed E-state index contributed by atoms with van der Waals surface area (Å²) in [7, 11) is 3.28. The summed E-state index contributed by atoms with van der Waals surface area (Å²) < 4.78 is 11.6. The molecule has 6 heteroatoms. The van der Waals surface area contributed by atoms with Crippen molar-refractivity contribution >= 4 is 21.8 Å². The fourth-order valence-electron chi connectivity index (χ4n) is 3.52. The van der Waals surface area contributed by atoms with Gasteiger partial charge in [0.05, 0.1) is 25.8 Å². The van der Waals surface area contributed by atoms with E-state index in [0.29, 0.717) is 17.9 Å². The van der Waals surface area contributed by atoms with Crippen molar-refractivity contribution in [3.63, 3.8) is 0 Å². The van der Waals surface area contributed by atoms with Gasteiger partial charge in [0, 0.05) is 16.6 Å². The molecular formula is C21H25BrN2O3. The van der Waals surface area contributed by atoms with Crippen molar-refractivity contribution in [2.45, 2.75) is 18.9 Å². The summed E-state index contributed by atoms with van der Waals surface area (Å²) >= 11 is 3.45. The van der Waals surface area contributed by atoms with Gasteiger partial charge in [-0.2, -0.15) is 0 Å². The van der Waals surface area contributed by atoms with Crippen LogP contribution in [0.2, 0.25) is 0 Å². The molecule has 1 aliphatic rings. The third kappa shape index (κ3) is 4.62. The fourth-order valence-corrected chi connectivity index (χ4v) is 3.95. The molecule has 144 valence electrons. The summed E-state index contributed by atoms with van der Waals surface area (Å²) in [5.41, 5.74) is 1.67. The maximum Gasteiger partial charge on any atom is 0.252 e. The van der Waals surface area contributed by atoms with Crippen molar-refractivity contribution in [3.05, 3.63) is 58.1 Å². The number of hydrogen-bond donors (Lipinski definition) is 1. The van der Waals surface area contributed by atoms with Crippen LogP contribution in [0.15, 0.2) is 46.9 Å². The number of nitrogens with one attached hydrogen (secondary N) is 1. The first-order chi connectivity index (χ1) is 13.1. The molecule has 27 heavy (non-hydrogen) atoms. The number of ether oxygens (including phenoxy) is 2. The first kappa shape index (κ1) is 19.7. The Bertz CT molecular complexity index is 791. The SMILES string of the molecule is COc1ccc(Br)c(C(=O)NCC(c2ccccc2OC)N2CCCC2)c1. The van der Waals surface area contributed by atoms with Gasteiger partial charge in [0.1, 0.15) is 11.5 Å². The molecule has 0 radical (unpaired) electrons. The molecular weight excluding hydrogens is 408 g/mol. The third-order valence-electron chi connectivity index (χ3n) is 4.95. The minimum atomic E-state index is -0.125. The van der Waals surface area contributed by atoms with Gasteiger partial charge in [-0.25, -0.2) is 0 Å². The Balaban J connectivity index is 1.80. The Labute approximate surface area is 168 Å². The van der Waals surface area contributed by atoms with Crippen molar-refractivity contribution < 1.29 is 14.3 Å². The van der Waals surface area contributed by atoms with E-state index in [4.69, 9.17) is 9.47 Å². The van der Waals surface area contributed by atoms with Gasteiger partial charge in [-0.05, 0) is 66.1 Å². The van der Waals surface area contributed by atoms with Gasteiger partial charge < -0.3 is 14.8 Å². The van der Waals surface area contributed by atoms with E-state index in [1.54, 1.807) is 20.3 Å². The zero-order chi connectivity index (χ0) is 19.2. The minimum absolute atomic E-state index is 0.0805. The topological polar surface area (TPSA) is 50.8 Å². The number of hydrogen-bond acceptors (Lipinski definition) is 4. The molecule has 1 heterocycles. The molecule has 2 aromatic carbocycles. The van der Waals surface area contributed by atoms with Gasteiger partial charge in [0.2, 0.25) is 0 Å². The molecule has 1 atom stereocenters. The smallest absolute Gasteiger partial charge is 0.252 e. The first-order valence-electron chi connectivity index (χ1n) is 9.12. The van der Waals surface area contributed by atoms with Crippen molar-refractivity contribution in [1.82, 2.24) is 10.2 Å². The van der Waals surface area contributed by atoms with Gasteiger partial charge in [-0.3, -0.25) is 9.69 Å². The van der Waals surface area contributed by atoms with Gasteiger partial charge in [-0.1, -0.05) is 18.2 Å². The molecule has 3 rings (SSSR count). The summed E-state index contributed by atoms with van der Waals surface area (Å²) in [6.07, 6.45) is 2.36.